The zero-order valence-corrected chi connectivity index (χ0v) is 14.8. The predicted molar refractivity (Wildman–Crippen MR) is 93.7 cm³/mol. The summed E-state index contributed by atoms with van der Waals surface area (Å²) in [5.74, 6) is 2.18. The quantitative estimate of drug-likeness (QED) is 0.749. The first kappa shape index (κ1) is 16.8. The van der Waals surface area contributed by atoms with Gasteiger partial charge in [-0.05, 0) is 18.1 Å². The molecule has 1 aromatic carbocycles. The van der Waals surface area contributed by atoms with Gasteiger partial charge in [-0.1, -0.05) is 29.2 Å². The highest BCUT2D eigenvalue weighted by atomic mass is 32.2. The van der Waals surface area contributed by atoms with E-state index in [1.807, 2.05) is 18.2 Å². The molecule has 0 spiro atoms. The lowest BCUT2D eigenvalue weighted by molar-refractivity contribution is -0.118. The van der Waals surface area contributed by atoms with E-state index in [0.29, 0.717) is 28.4 Å². The first-order valence-electron chi connectivity index (χ1n) is 7.42. The lowest BCUT2D eigenvalue weighted by Gasteiger charge is -2.25. The van der Waals surface area contributed by atoms with Crippen molar-refractivity contribution in [1.29, 1.82) is 0 Å². The van der Waals surface area contributed by atoms with Crippen LogP contribution in [0.25, 0.3) is 0 Å². The molecule has 24 heavy (non-hydrogen) atoms. The highest BCUT2D eigenvalue weighted by molar-refractivity contribution is 8.01. The first-order chi connectivity index (χ1) is 11.6. The number of nitrogens with two attached hydrogens (primary N) is 1. The molecule has 0 radical (unpaired) electrons. The van der Waals surface area contributed by atoms with E-state index in [0.717, 1.165) is 23.5 Å². The number of aromatic nitrogens is 2. The average molecular weight is 366 g/mol. The predicted octanol–water partition coefficient (Wildman–Crippen LogP) is 1.59. The maximum atomic E-state index is 11.9. The Kier molecular flexibility index (Phi) is 5.41. The van der Waals surface area contributed by atoms with E-state index >= 15 is 0 Å². The third-order valence-corrected chi connectivity index (χ3v) is 5.48. The monoisotopic (exact) mass is 366 g/mol. The van der Waals surface area contributed by atoms with Crippen LogP contribution in [-0.4, -0.2) is 42.1 Å². The van der Waals surface area contributed by atoms with Gasteiger partial charge in [0.05, 0.1) is 19.5 Å². The second-order valence-electron chi connectivity index (χ2n) is 5.35. The lowest BCUT2D eigenvalue weighted by Crippen LogP contribution is -2.35. The topological polar surface area (TPSA) is 99.4 Å². The molecule has 1 aliphatic rings. The van der Waals surface area contributed by atoms with E-state index in [2.05, 4.69) is 15.5 Å². The van der Waals surface area contributed by atoms with E-state index in [1.165, 1.54) is 23.1 Å². The molecule has 0 saturated carbocycles. The van der Waals surface area contributed by atoms with Crippen molar-refractivity contribution >= 4 is 34.1 Å². The largest absolute Gasteiger partial charge is 0.497 e. The van der Waals surface area contributed by atoms with Gasteiger partial charge in [0.1, 0.15) is 11.5 Å². The van der Waals surface area contributed by atoms with Crippen molar-refractivity contribution in [3.8, 4) is 11.5 Å². The number of nitrogens with zero attached hydrogens (tertiary/aromatic N) is 2. The summed E-state index contributed by atoms with van der Waals surface area (Å²) in [6.07, 6.45) is 0.875. The van der Waals surface area contributed by atoms with Gasteiger partial charge in [0, 0.05) is 18.5 Å². The fourth-order valence-electron chi connectivity index (χ4n) is 2.39. The molecule has 3 N–H and O–H groups in total. The summed E-state index contributed by atoms with van der Waals surface area (Å²) in [5, 5.41) is 10.9. The van der Waals surface area contributed by atoms with Gasteiger partial charge in [-0.25, -0.2) is 0 Å². The van der Waals surface area contributed by atoms with Crippen molar-refractivity contribution < 1.29 is 14.3 Å². The number of nitrogen functional groups attached to an aromatic ring is 1. The molecular weight excluding hydrogens is 348 g/mol. The van der Waals surface area contributed by atoms with Gasteiger partial charge in [-0.2, -0.15) is 0 Å². The smallest absolute Gasteiger partial charge is 0.230 e. The van der Waals surface area contributed by atoms with Crippen LogP contribution in [0.4, 0.5) is 5.13 Å². The Hall–Kier alpha value is -2.00. The summed E-state index contributed by atoms with van der Waals surface area (Å²) in [4.78, 5) is 11.9. The summed E-state index contributed by atoms with van der Waals surface area (Å²) < 4.78 is 11.7. The zero-order chi connectivity index (χ0) is 16.9. The number of thioether (sulfide) groups is 1. The Morgan fingerprint density at radius 1 is 1.54 bits per heavy atom. The Morgan fingerprint density at radius 2 is 2.42 bits per heavy atom. The number of anilines is 1. The summed E-state index contributed by atoms with van der Waals surface area (Å²) in [5.41, 5.74) is 6.65. The van der Waals surface area contributed by atoms with E-state index in [-0.39, 0.29) is 11.8 Å². The molecule has 1 aromatic heterocycles. The van der Waals surface area contributed by atoms with Crippen LogP contribution < -0.4 is 20.5 Å². The molecule has 2 heterocycles. The van der Waals surface area contributed by atoms with Crippen molar-refractivity contribution in [1.82, 2.24) is 15.5 Å². The molecule has 3 rings (SSSR count). The van der Waals surface area contributed by atoms with Crippen LogP contribution in [0.3, 0.4) is 0 Å². The second-order valence-corrected chi connectivity index (χ2v) is 7.59. The second kappa shape index (κ2) is 7.71. The van der Waals surface area contributed by atoms with Crippen molar-refractivity contribution in [3.63, 3.8) is 0 Å². The van der Waals surface area contributed by atoms with Crippen molar-refractivity contribution in [2.75, 3.05) is 31.7 Å². The van der Waals surface area contributed by atoms with Crippen LogP contribution in [-0.2, 0) is 11.2 Å². The van der Waals surface area contributed by atoms with E-state index in [1.54, 1.807) is 7.11 Å². The Bertz CT molecular complexity index is 722. The minimum atomic E-state index is -0.0331. The van der Waals surface area contributed by atoms with Crippen LogP contribution in [0.2, 0.25) is 0 Å². The summed E-state index contributed by atoms with van der Waals surface area (Å²) in [7, 11) is 1.64. The fraction of sp³-hybridized carbons (Fsp3) is 0.400. The molecule has 9 heteroatoms. The maximum Gasteiger partial charge on any atom is 0.230 e. The normalized spacial score (nSPS) is 16.1. The molecule has 0 bridgehead atoms. The van der Waals surface area contributed by atoms with Gasteiger partial charge in [0.2, 0.25) is 11.0 Å². The van der Waals surface area contributed by atoms with Crippen LogP contribution in [0.1, 0.15) is 5.56 Å². The summed E-state index contributed by atoms with van der Waals surface area (Å²) >= 11 is 2.62. The van der Waals surface area contributed by atoms with Gasteiger partial charge >= 0.3 is 0 Å². The fourth-order valence-corrected chi connectivity index (χ4v) is 3.85. The molecule has 7 nitrogen and oxygen atoms in total. The number of rotatable bonds is 6. The number of fused-ring (bicyclic) bond motifs is 1. The summed E-state index contributed by atoms with van der Waals surface area (Å²) in [6.45, 7) is 1.17. The van der Waals surface area contributed by atoms with Gasteiger partial charge in [-0.3, -0.25) is 4.79 Å². The van der Waals surface area contributed by atoms with Gasteiger partial charge in [0.15, 0.2) is 4.34 Å². The molecule has 0 aliphatic carbocycles. The number of carbonyl (C=O) groups excluding carboxylic acids is 1. The van der Waals surface area contributed by atoms with Gasteiger partial charge in [0.25, 0.3) is 0 Å². The van der Waals surface area contributed by atoms with E-state index < -0.39 is 0 Å². The number of benzene rings is 1. The van der Waals surface area contributed by atoms with Gasteiger partial charge in [-0.15, -0.1) is 10.2 Å². The summed E-state index contributed by atoms with van der Waals surface area (Å²) in [6, 6.07) is 5.83. The number of hydrogen-bond donors (Lipinski definition) is 2. The van der Waals surface area contributed by atoms with Crippen LogP contribution in [0.15, 0.2) is 22.5 Å². The van der Waals surface area contributed by atoms with Crippen LogP contribution >= 0.6 is 23.1 Å². The molecule has 1 atom stereocenters. The molecular formula is C15H18N4O3S2. The Labute approximate surface area is 147 Å². The minimum Gasteiger partial charge on any atom is -0.497 e. The number of methoxy groups -OCH3 is 1. The third-order valence-electron chi connectivity index (χ3n) is 3.59. The maximum absolute atomic E-state index is 11.9. The van der Waals surface area contributed by atoms with Crippen LogP contribution in [0, 0.1) is 5.92 Å². The van der Waals surface area contributed by atoms with Crippen LogP contribution in [0.5, 0.6) is 11.5 Å². The molecule has 128 valence electrons. The first-order valence-corrected chi connectivity index (χ1v) is 9.22. The van der Waals surface area contributed by atoms with Gasteiger partial charge < -0.3 is 20.5 Å². The van der Waals surface area contributed by atoms with Crippen molar-refractivity contribution in [3.05, 3.63) is 23.8 Å². The van der Waals surface area contributed by atoms with Crippen molar-refractivity contribution in [2.24, 2.45) is 5.92 Å². The Morgan fingerprint density at radius 3 is 3.17 bits per heavy atom. The highest BCUT2D eigenvalue weighted by Crippen LogP contribution is 2.30. The standard InChI is InChI=1S/C15H18N4O3S2/c1-21-11-3-2-10-4-9(7-22-12(10)5-11)6-17-13(20)8-23-15-19-18-14(16)24-15/h2-3,5,9H,4,6-8H2,1H3,(H2,16,18)(H,17,20). The number of amides is 1. The molecule has 1 aliphatic heterocycles. The van der Waals surface area contributed by atoms with E-state index in [9.17, 15) is 4.79 Å². The number of nitrogens with one attached hydrogen (secondary N) is 1. The molecule has 0 fully saturated rings. The highest BCUT2D eigenvalue weighted by Gasteiger charge is 2.21. The van der Waals surface area contributed by atoms with Crippen molar-refractivity contribution in [2.45, 2.75) is 10.8 Å². The SMILES string of the molecule is COc1ccc2c(c1)OCC(CNC(=O)CSc1nnc(N)s1)C2. The number of hydrogen-bond acceptors (Lipinski definition) is 8. The lowest BCUT2D eigenvalue weighted by atomic mass is 9.96. The average Bonchev–Trinajstić information content (AvgIpc) is 3.02. The molecule has 1 amide bonds. The number of carbonyl (C=O) groups is 1. The molecule has 0 saturated heterocycles. The molecule has 2 aromatic rings. The zero-order valence-electron chi connectivity index (χ0n) is 13.2. The molecule has 1 unspecified atom stereocenters. The minimum absolute atomic E-state index is 0.0331. The van der Waals surface area contributed by atoms with E-state index in [4.69, 9.17) is 15.2 Å². The third kappa shape index (κ3) is 4.30. The Balaban J connectivity index is 1.44. The number of ether oxygens (including phenoxy) is 2.